The number of ether oxygens (including phenoxy) is 2. The van der Waals surface area contributed by atoms with E-state index >= 15 is 0 Å². The maximum Gasteiger partial charge on any atom is 0.118 e. The van der Waals surface area contributed by atoms with Gasteiger partial charge in [0.25, 0.3) is 0 Å². The molecule has 21 heavy (non-hydrogen) atoms. The first-order valence-electron chi connectivity index (χ1n) is 8.01. The topological polar surface area (TPSA) is 56.5 Å². The first-order chi connectivity index (χ1) is 10.3. The van der Waals surface area contributed by atoms with E-state index in [0.29, 0.717) is 5.92 Å². The van der Waals surface area contributed by atoms with Crippen molar-refractivity contribution < 1.29 is 9.47 Å². The zero-order chi connectivity index (χ0) is 15.1. The van der Waals surface area contributed by atoms with Gasteiger partial charge in [-0.25, -0.2) is 0 Å². The molecule has 1 saturated carbocycles. The molecule has 1 aromatic rings. The predicted octanol–water partition coefficient (Wildman–Crippen LogP) is 3.19. The Morgan fingerprint density at radius 3 is 2.38 bits per heavy atom. The van der Waals surface area contributed by atoms with Crippen LogP contribution >= 0.6 is 0 Å². The Morgan fingerprint density at radius 1 is 1.19 bits per heavy atom. The fraction of sp³-hybridized carbons (Fsp3) is 0.647. The van der Waals surface area contributed by atoms with E-state index < -0.39 is 0 Å². The molecule has 1 aromatic carbocycles. The van der Waals surface area contributed by atoms with E-state index in [2.05, 4.69) is 24.5 Å². The molecule has 0 radical (unpaired) electrons. The molecule has 3 N–H and O–H groups in total. The molecule has 118 valence electrons. The number of nitrogens with two attached hydrogens (primary N) is 1. The highest BCUT2D eigenvalue weighted by Gasteiger charge is 2.31. The Hall–Kier alpha value is -1.10. The first kappa shape index (κ1) is 16.3. The summed E-state index contributed by atoms with van der Waals surface area (Å²) in [5.74, 6) is 7.30. The van der Waals surface area contributed by atoms with Crippen LogP contribution in [-0.2, 0) is 4.74 Å². The molecule has 0 heterocycles. The molecule has 2 unspecified atom stereocenters. The molecule has 2 rings (SSSR count). The van der Waals surface area contributed by atoms with Crippen molar-refractivity contribution in [1.82, 2.24) is 5.43 Å². The van der Waals surface area contributed by atoms with Crippen LogP contribution in [0.5, 0.6) is 5.75 Å². The SMILES string of the molecule is CCOC(C1CCCCC1)C(NN)c1ccc(OC)cc1. The number of hydrogen-bond acceptors (Lipinski definition) is 4. The Kier molecular flexibility index (Phi) is 6.49. The van der Waals surface area contributed by atoms with E-state index in [4.69, 9.17) is 15.3 Å². The molecule has 4 nitrogen and oxygen atoms in total. The van der Waals surface area contributed by atoms with E-state index in [9.17, 15) is 0 Å². The quantitative estimate of drug-likeness (QED) is 0.598. The fourth-order valence-corrected chi connectivity index (χ4v) is 3.35. The lowest BCUT2D eigenvalue weighted by atomic mass is 9.81. The number of rotatable bonds is 7. The van der Waals surface area contributed by atoms with Crippen LogP contribution in [0.4, 0.5) is 0 Å². The van der Waals surface area contributed by atoms with Gasteiger partial charge >= 0.3 is 0 Å². The molecule has 0 spiro atoms. The Morgan fingerprint density at radius 2 is 1.86 bits per heavy atom. The number of hydrazine groups is 1. The van der Waals surface area contributed by atoms with Crippen molar-refractivity contribution in [2.75, 3.05) is 13.7 Å². The third-order valence-corrected chi connectivity index (χ3v) is 4.46. The highest BCUT2D eigenvalue weighted by molar-refractivity contribution is 5.29. The van der Waals surface area contributed by atoms with Gasteiger partial charge in [0.05, 0.1) is 19.3 Å². The summed E-state index contributed by atoms with van der Waals surface area (Å²) in [5.41, 5.74) is 4.13. The van der Waals surface area contributed by atoms with E-state index in [1.54, 1.807) is 7.11 Å². The summed E-state index contributed by atoms with van der Waals surface area (Å²) in [5, 5.41) is 0. The normalized spacial score (nSPS) is 19.2. The summed E-state index contributed by atoms with van der Waals surface area (Å²) >= 11 is 0. The fourth-order valence-electron chi connectivity index (χ4n) is 3.35. The zero-order valence-electron chi connectivity index (χ0n) is 13.2. The molecule has 1 fully saturated rings. The van der Waals surface area contributed by atoms with Crippen LogP contribution in [0.1, 0.15) is 50.6 Å². The van der Waals surface area contributed by atoms with Crippen LogP contribution in [-0.4, -0.2) is 19.8 Å². The van der Waals surface area contributed by atoms with E-state index in [1.165, 1.54) is 32.1 Å². The maximum absolute atomic E-state index is 6.07. The van der Waals surface area contributed by atoms with Gasteiger partial charge in [-0.2, -0.15) is 0 Å². The zero-order valence-corrected chi connectivity index (χ0v) is 13.2. The van der Waals surface area contributed by atoms with Gasteiger partial charge in [-0.15, -0.1) is 0 Å². The minimum atomic E-state index is 0.0268. The molecule has 0 saturated heterocycles. The summed E-state index contributed by atoms with van der Waals surface area (Å²) in [6.07, 6.45) is 6.55. The van der Waals surface area contributed by atoms with Crippen molar-refractivity contribution in [3.8, 4) is 5.75 Å². The van der Waals surface area contributed by atoms with Crippen molar-refractivity contribution >= 4 is 0 Å². The van der Waals surface area contributed by atoms with E-state index in [0.717, 1.165) is 17.9 Å². The van der Waals surface area contributed by atoms with Gasteiger partial charge in [-0.1, -0.05) is 31.4 Å². The average Bonchev–Trinajstić information content (AvgIpc) is 2.56. The molecule has 0 bridgehead atoms. The van der Waals surface area contributed by atoms with Gasteiger partial charge in [-0.05, 0) is 43.4 Å². The van der Waals surface area contributed by atoms with Crippen molar-refractivity contribution in [2.24, 2.45) is 11.8 Å². The molecular formula is C17H28N2O2. The molecule has 2 atom stereocenters. The molecule has 0 amide bonds. The standard InChI is InChI=1S/C17H28N2O2/c1-3-21-17(14-7-5-4-6-8-14)16(19-18)13-9-11-15(20-2)12-10-13/h9-12,14,16-17,19H,3-8,18H2,1-2H3. The van der Waals surface area contributed by atoms with Gasteiger partial charge in [0.1, 0.15) is 5.75 Å². The van der Waals surface area contributed by atoms with Crippen molar-refractivity contribution in [3.63, 3.8) is 0 Å². The summed E-state index contributed by atoms with van der Waals surface area (Å²) in [4.78, 5) is 0. The van der Waals surface area contributed by atoms with E-state index in [-0.39, 0.29) is 12.1 Å². The van der Waals surface area contributed by atoms with Crippen LogP contribution in [0.3, 0.4) is 0 Å². The lowest BCUT2D eigenvalue weighted by Gasteiger charge is -2.35. The van der Waals surface area contributed by atoms with E-state index in [1.807, 2.05) is 12.1 Å². The minimum Gasteiger partial charge on any atom is -0.497 e. The monoisotopic (exact) mass is 292 g/mol. The second-order valence-corrected chi connectivity index (χ2v) is 5.74. The second-order valence-electron chi connectivity index (χ2n) is 5.74. The number of hydrogen-bond donors (Lipinski definition) is 2. The van der Waals surface area contributed by atoms with Gasteiger partial charge in [0.2, 0.25) is 0 Å². The van der Waals surface area contributed by atoms with Gasteiger partial charge in [0.15, 0.2) is 0 Å². The summed E-state index contributed by atoms with van der Waals surface area (Å²) in [7, 11) is 1.68. The number of benzene rings is 1. The molecular weight excluding hydrogens is 264 g/mol. The number of nitrogens with one attached hydrogen (secondary N) is 1. The maximum atomic E-state index is 6.07. The Labute approximate surface area is 128 Å². The lowest BCUT2D eigenvalue weighted by molar-refractivity contribution is -0.0184. The van der Waals surface area contributed by atoms with Crippen LogP contribution in [0.15, 0.2) is 24.3 Å². The van der Waals surface area contributed by atoms with Crippen LogP contribution in [0, 0.1) is 5.92 Å². The van der Waals surface area contributed by atoms with Gasteiger partial charge in [0, 0.05) is 6.61 Å². The molecule has 1 aliphatic rings. The summed E-state index contributed by atoms with van der Waals surface area (Å²) < 4.78 is 11.3. The third-order valence-electron chi connectivity index (χ3n) is 4.46. The molecule has 0 aromatic heterocycles. The third kappa shape index (κ3) is 4.19. The van der Waals surface area contributed by atoms with Crippen molar-refractivity contribution in [3.05, 3.63) is 29.8 Å². The second kappa shape index (κ2) is 8.37. The van der Waals surface area contributed by atoms with Gasteiger partial charge < -0.3 is 9.47 Å². The first-order valence-corrected chi connectivity index (χ1v) is 8.01. The average molecular weight is 292 g/mol. The Balaban J connectivity index is 2.16. The minimum absolute atomic E-state index is 0.0268. The number of methoxy groups -OCH3 is 1. The smallest absolute Gasteiger partial charge is 0.118 e. The van der Waals surface area contributed by atoms with Crippen LogP contribution in [0.2, 0.25) is 0 Å². The Bertz CT molecular complexity index is 402. The van der Waals surface area contributed by atoms with Crippen LogP contribution < -0.4 is 16.0 Å². The highest BCUT2D eigenvalue weighted by atomic mass is 16.5. The van der Waals surface area contributed by atoms with Crippen molar-refractivity contribution in [1.29, 1.82) is 0 Å². The van der Waals surface area contributed by atoms with Gasteiger partial charge in [-0.3, -0.25) is 11.3 Å². The molecule has 4 heteroatoms. The predicted molar refractivity (Wildman–Crippen MR) is 85.0 cm³/mol. The summed E-state index contributed by atoms with van der Waals surface area (Å²) in [6, 6.07) is 8.11. The highest BCUT2D eigenvalue weighted by Crippen LogP contribution is 2.34. The lowest BCUT2D eigenvalue weighted by Crippen LogP contribution is -2.42. The molecule has 0 aliphatic heterocycles. The van der Waals surface area contributed by atoms with Crippen LogP contribution in [0.25, 0.3) is 0 Å². The molecule has 1 aliphatic carbocycles. The van der Waals surface area contributed by atoms with Crippen molar-refractivity contribution in [2.45, 2.75) is 51.2 Å². The largest absolute Gasteiger partial charge is 0.497 e. The summed E-state index contributed by atoms with van der Waals surface area (Å²) in [6.45, 7) is 2.77.